The molecule has 1 fully saturated rings. The molecule has 1 aliphatic heterocycles. The number of nitrogens with one attached hydrogen (secondary N) is 1. The first-order valence-corrected chi connectivity index (χ1v) is 8.30. The minimum atomic E-state index is 0.329. The molecule has 0 radical (unpaired) electrons. The van der Waals surface area contributed by atoms with E-state index in [1.165, 1.54) is 12.1 Å². The van der Waals surface area contributed by atoms with Gasteiger partial charge in [0.2, 0.25) is 0 Å². The number of rotatable bonds is 6. The molecule has 1 N–H and O–H groups in total. The summed E-state index contributed by atoms with van der Waals surface area (Å²) in [7, 11) is 2.23. The molecule has 0 amide bonds. The Morgan fingerprint density at radius 1 is 1.33 bits per heavy atom. The Bertz CT molecular complexity index is 417. The van der Waals surface area contributed by atoms with Gasteiger partial charge in [0.25, 0.3) is 0 Å². The second kappa shape index (κ2) is 7.76. The van der Waals surface area contributed by atoms with Crippen molar-refractivity contribution in [1.82, 2.24) is 15.2 Å². The molecule has 2 rings (SSSR count). The Morgan fingerprint density at radius 2 is 2.14 bits per heavy atom. The van der Waals surface area contributed by atoms with E-state index < -0.39 is 0 Å². The highest BCUT2D eigenvalue weighted by atomic mass is 15.3. The fourth-order valence-corrected chi connectivity index (χ4v) is 2.93. The van der Waals surface area contributed by atoms with Crippen LogP contribution in [0.25, 0.3) is 0 Å². The molecule has 4 heteroatoms. The van der Waals surface area contributed by atoms with Crippen LogP contribution in [0.3, 0.4) is 0 Å². The number of nitrogens with zero attached hydrogens (tertiary/aromatic N) is 3. The van der Waals surface area contributed by atoms with Crippen LogP contribution < -0.4 is 10.2 Å². The number of pyridine rings is 1. The van der Waals surface area contributed by atoms with Crippen LogP contribution in [0.5, 0.6) is 0 Å². The van der Waals surface area contributed by atoms with Crippen molar-refractivity contribution in [2.24, 2.45) is 0 Å². The number of aromatic nitrogens is 1. The highest BCUT2D eigenvalue weighted by molar-refractivity contribution is 5.45. The molecule has 0 spiro atoms. The topological polar surface area (TPSA) is 31.4 Å². The molecule has 1 aliphatic rings. The summed E-state index contributed by atoms with van der Waals surface area (Å²) in [5.74, 6) is 0. The number of hydrogen-bond acceptors (Lipinski definition) is 4. The fourth-order valence-electron chi connectivity index (χ4n) is 2.93. The van der Waals surface area contributed by atoms with E-state index in [0.29, 0.717) is 12.1 Å². The van der Waals surface area contributed by atoms with E-state index in [9.17, 15) is 0 Å². The zero-order valence-corrected chi connectivity index (χ0v) is 14.0. The van der Waals surface area contributed by atoms with Gasteiger partial charge in [-0.1, -0.05) is 13.8 Å². The van der Waals surface area contributed by atoms with E-state index >= 15 is 0 Å². The van der Waals surface area contributed by atoms with Gasteiger partial charge in [0.15, 0.2) is 0 Å². The lowest BCUT2D eigenvalue weighted by Gasteiger charge is -2.40. The summed E-state index contributed by atoms with van der Waals surface area (Å²) in [6, 6.07) is 5.38. The third-order valence-electron chi connectivity index (χ3n) is 4.53. The van der Waals surface area contributed by atoms with Crippen LogP contribution in [0.4, 0.5) is 5.69 Å². The average molecular weight is 290 g/mol. The van der Waals surface area contributed by atoms with E-state index in [1.54, 1.807) is 0 Å². The van der Waals surface area contributed by atoms with Crippen molar-refractivity contribution in [3.63, 3.8) is 0 Å². The smallest absolute Gasteiger partial charge is 0.0572 e. The van der Waals surface area contributed by atoms with Crippen LogP contribution in [-0.4, -0.2) is 49.2 Å². The monoisotopic (exact) mass is 290 g/mol. The fraction of sp³-hybridized carbons (Fsp3) is 0.706. The van der Waals surface area contributed by atoms with Gasteiger partial charge >= 0.3 is 0 Å². The van der Waals surface area contributed by atoms with Gasteiger partial charge in [-0.25, -0.2) is 0 Å². The second-order valence-corrected chi connectivity index (χ2v) is 6.11. The van der Waals surface area contributed by atoms with Crippen molar-refractivity contribution in [3.05, 3.63) is 24.0 Å². The van der Waals surface area contributed by atoms with E-state index in [0.717, 1.165) is 38.3 Å². The molecular formula is C17H30N4. The first-order chi connectivity index (χ1) is 10.2. The van der Waals surface area contributed by atoms with Crippen molar-refractivity contribution in [3.8, 4) is 0 Å². The average Bonchev–Trinajstić information content (AvgIpc) is 2.53. The summed E-state index contributed by atoms with van der Waals surface area (Å²) in [5, 5.41) is 3.49. The van der Waals surface area contributed by atoms with E-state index in [1.807, 2.05) is 6.20 Å². The normalized spacial score (nSPS) is 21.5. The van der Waals surface area contributed by atoms with Crippen LogP contribution in [0.1, 0.15) is 45.3 Å². The van der Waals surface area contributed by atoms with Gasteiger partial charge in [0, 0.05) is 31.7 Å². The summed E-state index contributed by atoms with van der Waals surface area (Å²) in [5.41, 5.74) is 2.39. The lowest BCUT2D eigenvalue weighted by Crippen LogP contribution is -2.51. The van der Waals surface area contributed by atoms with Crippen molar-refractivity contribution >= 4 is 5.69 Å². The molecule has 21 heavy (non-hydrogen) atoms. The van der Waals surface area contributed by atoms with Gasteiger partial charge in [-0.05, 0) is 45.5 Å². The minimum absolute atomic E-state index is 0.329. The van der Waals surface area contributed by atoms with E-state index in [2.05, 4.69) is 60.1 Å². The number of hydrogen-bond donors (Lipinski definition) is 1. The largest absolute Gasteiger partial charge is 0.367 e. The van der Waals surface area contributed by atoms with Crippen LogP contribution >= 0.6 is 0 Å². The molecule has 2 heterocycles. The molecule has 1 saturated heterocycles. The summed E-state index contributed by atoms with van der Waals surface area (Å²) < 4.78 is 0. The first-order valence-electron chi connectivity index (χ1n) is 8.30. The summed E-state index contributed by atoms with van der Waals surface area (Å²) in [4.78, 5) is 9.59. The molecule has 118 valence electrons. The third-order valence-corrected chi connectivity index (χ3v) is 4.53. The summed E-state index contributed by atoms with van der Waals surface area (Å²) in [6.45, 7) is 11.0. The lowest BCUT2D eigenvalue weighted by molar-refractivity contribution is 0.213. The predicted molar refractivity (Wildman–Crippen MR) is 89.9 cm³/mol. The van der Waals surface area contributed by atoms with Crippen LogP contribution in [-0.2, 0) is 0 Å². The van der Waals surface area contributed by atoms with Crippen LogP contribution in [0, 0.1) is 0 Å². The van der Waals surface area contributed by atoms with E-state index in [4.69, 9.17) is 0 Å². The van der Waals surface area contributed by atoms with Crippen molar-refractivity contribution in [2.75, 3.05) is 38.1 Å². The summed E-state index contributed by atoms with van der Waals surface area (Å²) in [6.07, 6.45) is 4.40. The Kier molecular flexibility index (Phi) is 6.00. The summed E-state index contributed by atoms with van der Waals surface area (Å²) >= 11 is 0. The minimum Gasteiger partial charge on any atom is -0.367 e. The zero-order chi connectivity index (χ0) is 15.2. The number of likely N-dealkylation sites (N-methyl/N-ethyl adjacent to an activating group) is 1. The van der Waals surface area contributed by atoms with Crippen molar-refractivity contribution in [2.45, 2.75) is 45.7 Å². The van der Waals surface area contributed by atoms with E-state index in [-0.39, 0.29) is 0 Å². The number of anilines is 1. The maximum absolute atomic E-state index is 4.66. The zero-order valence-electron chi connectivity index (χ0n) is 14.0. The maximum atomic E-state index is 4.66. The molecule has 4 nitrogen and oxygen atoms in total. The highest BCUT2D eigenvalue weighted by Gasteiger charge is 2.23. The van der Waals surface area contributed by atoms with Gasteiger partial charge < -0.3 is 10.2 Å². The Labute approximate surface area is 129 Å². The van der Waals surface area contributed by atoms with Gasteiger partial charge in [0.05, 0.1) is 17.6 Å². The highest BCUT2D eigenvalue weighted by Crippen LogP contribution is 2.20. The molecule has 1 aromatic heterocycles. The van der Waals surface area contributed by atoms with Crippen molar-refractivity contribution in [1.29, 1.82) is 0 Å². The molecule has 0 aromatic carbocycles. The maximum Gasteiger partial charge on any atom is 0.0572 e. The van der Waals surface area contributed by atoms with Gasteiger partial charge in [-0.2, -0.15) is 0 Å². The Morgan fingerprint density at radius 3 is 2.76 bits per heavy atom. The van der Waals surface area contributed by atoms with Gasteiger partial charge in [-0.15, -0.1) is 0 Å². The molecule has 0 aliphatic carbocycles. The predicted octanol–water partition coefficient (Wildman–Crippen LogP) is 2.67. The first kappa shape index (κ1) is 16.2. The standard InChI is InChI=1S/C17H30N4/c1-5-9-18-14(3)17-8-7-16(12-19-17)21-11-10-20(4)15(6-2)13-21/h7-8,12,14-15,18H,5-6,9-11,13H2,1-4H3. The molecule has 2 unspecified atom stereocenters. The number of piperazine rings is 1. The van der Waals surface area contributed by atoms with Crippen LogP contribution in [0.15, 0.2) is 18.3 Å². The SMILES string of the molecule is CCCNC(C)c1ccc(N2CCN(C)C(CC)C2)cn1. The molecule has 0 saturated carbocycles. The molecule has 0 bridgehead atoms. The van der Waals surface area contributed by atoms with Gasteiger partial charge in [0.1, 0.15) is 0 Å². The van der Waals surface area contributed by atoms with Crippen molar-refractivity contribution < 1.29 is 0 Å². The quantitative estimate of drug-likeness (QED) is 0.873. The molecule has 2 atom stereocenters. The lowest BCUT2D eigenvalue weighted by atomic mass is 10.1. The van der Waals surface area contributed by atoms with Crippen LogP contribution in [0.2, 0.25) is 0 Å². The second-order valence-electron chi connectivity index (χ2n) is 6.11. The molecule has 1 aromatic rings. The molecular weight excluding hydrogens is 260 g/mol. The van der Waals surface area contributed by atoms with Gasteiger partial charge in [-0.3, -0.25) is 9.88 Å². The third kappa shape index (κ3) is 4.17. The Hall–Kier alpha value is -1.13. The Balaban J connectivity index is 1.98.